The van der Waals surface area contributed by atoms with Gasteiger partial charge in [0.2, 0.25) is 0 Å². The van der Waals surface area contributed by atoms with Gasteiger partial charge in [0.25, 0.3) is 0 Å². The summed E-state index contributed by atoms with van der Waals surface area (Å²) in [4.78, 5) is 0. The van der Waals surface area contributed by atoms with E-state index >= 15 is 0 Å². The van der Waals surface area contributed by atoms with E-state index in [1.807, 2.05) is 0 Å². The van der Waals surface area contributed by atoms with Crippen molar-refractivity contribution in [2.75, 3.05) is 11.5 Å². The Morgan fingerprint density at radius 2 is 1.57 bits per heavy atom. The van der Waals surface area contributed by atoms with Crippen LogP contribution in [-0.4, -0.2) is 11.5 Å². The first-order chi connectivity index (χ1) is 3.41. The fourth-order valence-corrected chi connectivity index (χ4v) is 4.42. The zero-order chi connectivity index (χ0) is 4.74. The van der Waals surface area contributed by atoms with Gasteiger partial charge < -0.3 is 0 Å². The summed E-state index contributed by atoms with van der Waals surface area (Å²) in [6, 6.07) is 0. The minimum atomic E-state index is 0.870. The molecule has 0 nitrogen and oxygen atoms in total. The summed E-state index contributed by atoms with van der Waals surface area (Å²) in [6.45, 7) is 0. The Balaban J connectivity index is 2.07. The van der Waals surface area contributed by atoms with Crippen molar-refractivity contribution in [1.82, 2.24) is 0 Å². The monoisotopic (exact) mass is 132 g/mol. The third-order valence-electron chi connectivity index (χ3n) is 1.77. The molecule has 0 radical (unpaired) electrons. The SMILES string of the molecule is C1CC12CSSC2. The van der Waals surface area contributed by atoms with E-state index in [-0.39, 0.29) is 0 Å². The number of hydrogen-bond donors (Lipinski definition) is 0. The van der Waals surface area contributed by atoms with Gasteiger partial charge in [-0.05, 0) is 18.3 Å². The molecule has 2 heteroatoms. The van der Waals surface area contributed by atoms with Gasteiger partial charge in [-0.3, -0.25) is 0 Å². The molecule has 1 aliphatic carbocycles. The lowest BCUT2D eigenvalue weighted by molar-refractivity contribution is 0.691. The number of rotatable bonds is 0. The molecule has 1 saturated carbocycles. The molecule has 1 spiro atoms. The highest BCUT2D eigenvalue weighted by Gasteiger charge is 2.45. The molecule has 7 heavy (non-hydrogen) atoms. The maximum atomic E-state index is 2.06. The zero-order valence-electron chi connectivity index (χ0n) is 4.14. The lowest BCUT2D eigenvalue weighted by Gasteiger charge is -1.94. The first-order valence-corrected chi connectivity index (χ1v) is 5.15. The maximum absolute atomic E-state index is 2.06. The highest BCUT2D eigenvalue weighted by molar-refractivity contribution is 8.77. The summed E-state index contributed by atoms with van der Waals surface area (Å²) in [5, 5.41) is 0. The molecule has 0 unspecified atom stereocenters. The average Bonchev–Trinajstić information content (AvgIpc) is 2.15. The maximum Gasteiger partial charge on any atom is 0.0102 e. The summed E-state index contributed by atoms with van der Waals surface area (Å²) in [7, 11) is 4.12. The van der Waals surface area contributed by atoms with Crippen molar-refractivity contribution in [1.29, 1.82) is 0 Å². The van der Waals surface area contributed by atoms with Crippen LogP contribution in [0.5, 0.6) is 0 Å². The topological polar surface area (TPSA) is 0 Å². The van der Waals surface area contributed by atoms with E-state index in [2.05, 4.69) is 21.6 Å². The molecule has 1 aliphatic heterocycles. The second kappa shape index (κ2) is 1.35. The van der Waals surface area contributed by atoms with Gasteiger partial charge in [-0.1, -0.05) is 21.6 Å². The molecule has 0 aromatic carbocycles. The van der Waals surface area contributed by atoms with Gasteiger partial charge in [-0.25, -0.2) is 0 Å². The van der Waals surface area contributed by atoms with Crippen LogP contribution in [0.1, 0.15) is 12.8 Å². The van der Waals surface area contributed by atoms with Crippen molar-refractivity contribution < 1.29 is 0 Å². The Morgan fingerprint density at radius 3 is 1.86 bits per heavy atom. The average molecular weight is 132 g/mol. The summed E-state index contributed by atoms with van der Waals surface area (Å²) in [5.41, 5.74) is 0.870. The normalized spacial score (nSPS) is 34.3. The van der Waals surface area contributed by atoms with E-state index in [4.69, 9.17) is 0 Å². The Hall–Kier alpha value is 0.700. The Kier molecular flexibility index (Phi) is 0.880. The van der Waals surface area contributed by atoms with E-state index in [0.29, 0.717) is 0 Å². The Labute approximate surface area is 51.8 Å². The van der Waals surface area contributed by atoms with Crippen molar-refractivity contribution in [2.45, 2.75) is 12.8 Å². The molecule has 0 aromatic heterocycles. The molecular weight excluding hydrogens is 124 g/mol. The van der Waals surface area contributed by atoms with Crippen LogP contribution in [0.4, 0.5) is 0 Å². The second-order valence-corrected chi connectivity index (χ2v) is 4.99. The molecular formula is C5H8S2. The van der Waals surface area contributed by atoms with Gasteiger partial charge in [0.15, 0.2) is 0 Å². The van der Waals surface area contributed by atoms with E-state index < -0.39 is 0 Å². The minimum absolute atomic E-state index is 0.870. The molecule has 2 rings (SSSR count). The fraction of sp³-hybridized carbons (Fsp3) is 1.00. The van der Waals surface area contributed by atoms with Crippen LogP contribution >= 0.6 is 21.6 Å². The molecule has 0 bridgehead atoms. The summed E-state index contributed by atoms with van der Waals surface area (Å²) in [6.07, 6.45) is 3.04. The highest BCUT2D eigenvalue weighted by atomic mass is 33.1. The van der Waals surface area contributed by atoms with Crippen molar-refractivity contribution in [3.63, 3.8) is 0 Å². The molecule has 0 N–H and O–H groups in total. The van der Waals surface area contributed by atoms with E-state index in [1.165, 1.54) is 24.3 Å². The molecule has 0 atom stereocenters. The van der Waals surface area contributed by atoms with Gasteiger partial charge in [0.1, 0.15) is 0 Å². The third kappa shape index (κ3) is 0.685. The smallest absolute Gasteiger partial charge is 0.0102 e. The molecule has 40 valence electrons. The number of hydrogen-bond acceptors (Lipinski definition) is 2. The van der Waals surface area contributed by atoms with Crippen LogP contribution in [0.25, 0.3) is 0 Å². The summed E-state index contributed by atoms with van der Waals surface area (Å²) < 4.78 is 0. The lowest BCUT2D eigenvalue weighted by Crippen LogP contribution is -1.98. The van der Waals surface area contributed by atoms with Crippen molar-refractivity contribution in [2.24, 2.45) is 5.41 Å². The van der Waals surface area contributed by atoms with Crippen molar-refractivity contribution in [3.8, 4) is 0 Å². The van der Waals surface area contributed by atoms with Crippen LogP contribution < -0.4 is 0 Å². The molecule has 0 aromatic rings. The molecule has 1 saturated heterocycles. The van der Waals surface area contributed by atoms with Crippen molar-refractivity contribution >= 4 is 21.6 Å². The zero-order valence-corrected chi connectivity index (χ0v) is 5.78. The summed E-state index contributed by atoms with van der Waals surface area (Å²) in [5.74, 6) is 2.88. The van der Waals surface area contributed by atoms with Crippen LogP contribution in [0.2, 0.25) is 0 Å². The van der Waals surface area contributed by atoms with Gasteiger partial charge >= 0.3 is 0 Å². The van der Waals surface area contributed by atoms with Crippen LogP contribution in [0.15, 0.2) is 0 Å². The largest absolute Gasteiger partial charge is 0.0935 e. The Bertz CT molecular complexity index is 78.1. The van der Waals surface area contributed by atoms with Gasteiger partial charge in [0.05, 0.1) is 0 Å². The fourth-order valence-electron chi connectivity index (χ4n) is 0.840. The quantitative estimate of drug-likeness (QED) is 0.463. The van der Waals surface area contributed by atoms with Gasteiger partial charge in [-0.2, -0.15) is 0 Å². The van der Waals surface area contributed by atoms with E-state index in [9.17, 15) is 0 Å². The lowest BCUT2D eigenvalue weighted by atomic mass is 10.2. The molecule has 2 fully saturated rings. The van der Waals surface area contributed by atoms with E-state index in [0.717, 1.165) is 5.41 Å². The molecule has 0 amide bonds. The first kappa shape index (κ1) is 4.57. The van der Waals surface area contributed by atoms with Gasteiger partial charge in [-0.15, -0.1) is 0 Å². The second-order valence-electron chi connectivity index (χ2n) is 2.52. The van der Waals surface area contributed by atoms with Gasteiger partial charge in [0, 0.05) is 11.5 Å². The van der Waals surface area contributed by atoms with Crippen molar-refractivity contribution in [3.05, 3.63) is 0 Å². The molecule has 2 aliphatic rings. The standard InChI is InChI=1S/C5H8S2/c1-2-5(1)3-6-7-4-5/h1-4H2. The van der Waals surface area contributed by atoms with Crippen LogP contribution in [0.3, 0.4) is 0 Å². The minimum Gasteiger partial charge on any atom is -0.0935 e. The van der Waals surface area contributed by atoms with Crippen LogP contribution in [-0.2, 0) is 0 Å². The predicted octanol–water partition coefficient (Wildman–Crippen LogP) is 2.16. The Morgan fingerprint density at radius 1 is 1.00 bits per heavy atom. The predicted molar refractivity (Wildman–Crippen MR) is 36.6 cm³/mol. The summed E-state index contributed by atoms with van der Waals surface area (Å²) >= 11 is 0. The van der Waals surface area contributed by atoms with Crippen LogP contribution in [0, 0.1) is 5.41 Å². The highest BCUT2D eigenvalue weighted by Crippen LogP contribution is 2.58. The third-order valence-corrected chi connectivity index (χ3v) is 4.60. The van der Waals surface area contributed by atoms with E-state index in [1.54, 1.807) is 0 Å². The first-order valence-electron chi connectivity index (χ1n) is 2.66. The molecule has 1 heterocycles.